The van der Waals surface area contributed by atoms with Crippen LogP contribution in [-0.2, 0) is 0 Å². The molecular formula is C10H14INS. The van der Waals surface area contributed by atoms with Crippen LogP contribution in [0.15, 0.2) is 23.6 Å². The van der Waals surface area contributed by atoms with Gasteiger partial charge in [-0.25, -0.2) is 0 Å². The van der Waals surface area contributed by atoms with Crippen molar-refractivity contribution < 1.29 is 0 Å². The molecule has 2 N–H and O–H groups in total. The molecule has 1 atom stereocenters. The van der Waals surface area contributed by atoms with Gasteiger partial charge >= 0.3 is 0 Å². The first-order valence-corrected chi connectivity index (χ1v) is 6.25. The van der Waals surface area contributed by atoms with E-state index in [0.29, 0.717) is 0 Å². The highest BCUT2D eigenvalue weighted by atomic mass is 127. The second kappa shape index (κ2) is 5.12. The summed E-state index contributed by atoms with van der Waals surface area (Å²) in [6.45, 7) is 6.08. The molecule has 0 aliphatic rings. The fourth-order valence-corrected chi connectivity index (χ4v) is 2.53. The van der Waals surface area contributed by atoms with Crippen LogP contribution in [0.2, 0.25) is 0 Å². The minimum absolute atomic E-state index is 0.132. The van der Waals surface area contributed by atoms with Gasteiger partial charge in [-0.05, 0) is 52.4 Å². The zero-order valence-corrected chi connectivity index (χ0v) is 10.7. The molecule has 0 saturated carbocycles. The van der Waals surface area contributed by atoms with E-state index in [4.69, 9.17) is 5.73 Å². The lowest BCUT2D eigenvalue weighted by atomic mass is 10.0. The number of halogens is 1. The van der Waals surface area contributed by atoms with Crippen LogP contribution in [-0.4, -0.2) is 0 Å². The SMILES string of the molecule is C=C(CC)CC(N)c1csc(I)c1. The summed E-state index contributed by atoms with van der Waals surface area (Å²) in [5.41, 5.74) is 8.50. The molecule has 13 heavy (non-hydrogen) atoms. The van der Waals surface area contributed by atoms with E-state index in [9.17, 15) is 0 Å². The van der Waals surface area contributed by atoms with Crippen molar-refractivity contribution in [2.45, 2.75) is 25.8 Å². The monoisotopic (exact) mass is 307 g/mol. The molecule has 1 aromatic heterocycles. The van der Waals surface area contributed by atoms with Gasteiger partial charge in [0.1, 0.15) is 0 Å². The molecule has 1 nitrogen and oxygen atoms in total. The molecule has 0 bridgehead atoms. The highest BCUT2D eigenvalue weighted by Crippen LogP contribution is 2.25. The Bertz CT molecular complexity index is 293. The highest BCUT2D eigenvalue weighted by Gasteiger charge is 2.08. The lowest BCUT2D eigenvalue weighted by Crippen LogP contribution is -2.09. The molecule has 0 radical (unpaired) electrons. The summed E-state index contributed by atoms with van der Waals surface area (Å²) in [6.07, 6.45) is 1.93. The van der Waals surface area contributed by atoms with E-state index in [1.54, 1.807) is 11.3 Å². The van der Waals surface area contributed by atoms with Gasteiger partial charge < -0.3 is 5.73 Å². The number of hydrogen-bond acceptors (Lipinski definition) is 2. The van der Waals surface area contributed by atoms with Gasteiger partial charge in [0.2, 0.25) is 0 Å². The Hall–Kier alpha value is 0.130. The lowest BCUT2D eigenvalue weighted by molar-refractivity contribution is 0.704. The average molecular weight is 307 g/mol. The van der Waals surface area contributed by atoms with Crippen LogP contribution in [0, 0.1) is 2.88 Å². The molecular weight excluding hydrogens is 293 g/mol. The number of hydrogen-bond donors (Lipinski definition) is 1. The zero-order valence-electron chi connectivity index (χ0n) is 7.72. The number of rotatable bonds is 4. The molecule has 1 rings (SSSR count). The second-order valence-electron chi connectivity index (χ2n) is 3.10. The van der Waals surface area contributed by atoms with Gasteiger partial charge in [-0.3, -0.25) is 0 Å². The summed E-state index contributed by atoms with van der Waals surface area (Å²) >= 11 is 4.06. The molecule has 1 unspecified atom stereocenters. The summed E-state index contributed by atoms with van der Waals surface area (Å²) in [6, 6.07) is 2.28. The van der Waals surface area contributed by atoms with E-state index in [1.165, 1.54) is 14.0 Å². The summed E-state index contributed by atoms with van der Waals surface area (Å²) in [7, 11) is 0. The smallest absolute Gasteiger partial charge is 0.0656 e. The maximum Gasteiger partial charge on any atom is 0.0656 e. The maximum atomic E-state index is 6.03. The predicted molar refractivity (Wildman–Crippen MR) is 68.0 cm³/mol. The lowest BCUT2D eigenvalue weighted by Gasteiger charge is -2.10. The molecule has 0 fully saturated rings. The first kappa shape index (κ1) is 11.2. The van der Waals surface area contributed by atoms with Gasteiger partial charge in [0, 0.05) is 6.04 Å². The van der Waals surface area contributed by atoms with E-state index < -0.39 is 0 Å². The molecule has 3 heteroatoms. The summed E-state index contributed by atoms with van der Waals surface area (Å²) in [5, 5.41) is 2.13. The van der Waals surface area contributed by atoms with Crippen molar-refractivity contribution in [3.8, 4) is 0 Å². The van der Waals surface area contributed by atoms with Gasteiger partial charge in [0.05, 0.1) is 2.88 Å². The Labute approximate surface area is 97.2 Å². The standard InChI is InChI=1S/C10H14INS/c1-3-7(2)4-9(12)8-5-10(11)13-6-8/h5-6,9H,2-4,12H2,1H3. The van der Waals surface area contributed by atoms with E-state index in [0.717, 1.165) is 12.8 Å². The zero-order chi connectivity index (χ0) is 9.84. The molecule has 0 aliphatic heterocycles. The van der Waals surface area contributed by atoms with Gasteiger partial charge in [-0.15, -0.1) is 11.3 Å². The van der Waals surface area contributed by atoms with Crippen molar-refractivity contribution in [2.24, 2.45) is 5.73 Å². The van der Waals surface area contributed by atoms with Crippen LogP contribution < -0.4 is 5.73 Å². The van der Waals surface area contributed by atoms with Crippen molar-refractivity contribution in [3.63, 3.8) is 0 Å². The Morgan fingerprint density at radius 1 is 1.77 bits per heavy atom. The Balaban J connectivity index is 2.58. The van der Waals surface area contributed by atoms with Crippen molar-refractivity contribution in [2.75, 3.05) is 0 Å². The Kier molecular flexibility index (Phi) is 4.41. The predicted octanol–water partition coefficient (Wildman–Crippen LogP) is 3.71. The van der Waals surface area contributed by atoms with E-state index in [2.05, 4.69) is 47.5 Å². The van der Waals surface area contributed by atoms with Crippen molar-refractivity contribution >= 4 is 33.9 Å². The normalized spacial score (nSPS) is 12.8. The highest BCUT2D eigenvalue weighted by molar-refractivity contribution is 14.1. The topological polar surface area (TPSA) is 26.0 Å². The van der Waals surface area contributed by atoms with Crippen molar-refractivity contribution in [3.05, 3.63) is 32.0 Å². The van der Waals surface area contributed by atoms with E-state index in [-0.39, 0.29) is 6.04 Å². The van der Waals surface area contributed by atoms with Crippen molar-refractivity contribution in [1.29, 1.82) is 0 Å². The molecule has 0 amide bonds. The van der Waals surface area contributed by atoms with E-state index >= 15 is 0 Å². The number of thiophene rings is 1. The number of nitrogens with two attached hydrogens (primary N) is 1. The van der Waals surface area contributed by atoms with Crippen LogP contribution in [0.4, 0.5) is 0 Å². The summed E-state index contributed by atoms with van der Waals surface area (Å²) in [4.78, 5) is 0. The first-order chi connectivity index (χ1) is 6.13. The fourth-order valence-electron chi connectivity index (χ4n) is 1.09. The second-order valence-corrected chi connectivity index (χ2v) is 5.90. The van der Waals surface area contributed by atoms with Crippen LogP contribution in [0.3, 0.4) is 0 Å². The van der Waals surface area contributed by atoms with Crippen LogP contribution in [0.25, 0.3) is 0 Å². The van der Waals surface area contributed by atoms with Gasteiger partial charge in [0.25, 0.3) is 0 Å². The first-order valence-electron chi connectivity index (χ1n) is 4.29. The van der Waals surface area contributed by atoms with Gasteiger partial charge in [-0.2, -0.15) is 0 Å². The minimum atomic E-state index is 0.132. The summed E-state index contributed by atoms with van der Waals surface area (Å²) < 4.78 is 1.30. The third-order valence-corrected chi connectivity index (χ3v) is 3.83. The quantitative estimate of drug-likeness (QED) is 0.666. The van der Waals surface area contributed by atoms with Crippen LogP contribution in [0.5, 0.6) is 0 Å². The van der Waals surface area contributed by atoms with Gasteiger partial charge in [0.15, 0.2) is 0 Å². The van der Waals surface area contributed by atoms with Gasteiger partial charge in [-0.1, -0.05) is 19.1 Å². The third-order valence-electron chi connectivity index (χ3n) is 2.02. The molecule has 0 aromatic carbocycles. The maximum absolute atomic E-state index is 6.03. The van der Waals surface area contributed by atoms with Crippen LogP contribution in [0.1, 0.15) is 31.4 Å². The minimum Gasteiger partial charge on any atom is -0.324 e. The molecule has 0 spiro atoms. The molecule has 72 valence electrons. The average Bonchev–Trinajstić information content (AvgIpc) is 2.51. The Morgan fingerprint density at radius 3 is 2.92 bits per heavy atom. The van der Waals surface area contributed by atoms with E-state index in [1.807, 2.05) is 0 Å². The van der Waals surface area contributed by atoms with Crippen molar-refractivity contribution in [1.82, 2.24) is 0 Å². The molecule has 1 heterocycles. The summed E-state index contributed by atoms with van der Waals surface area (Å²) in [5.74, 6) is 0. The third kappa shape index (κ3) is 3.40. The largest absolute Gasteiger partial charge is 0.324 e. The van der Waals surface area contributed by atoms with Crippen LogP contribution >= 0.6 is 33.9 Å². The molecule has 0 aliphatic carbocycles. The Morgan fingerprint density at radius 2 is 2.46 bits per heavy atom. The molecule has 1 aromatic rings. The fraction of sp³-hybridized carbons (Fsp3) is 0.400. The molecule has 0 saturated heterocycles.